The summed E-state index contributed by atoms with van der Waals surface area (Å²) >= 11 is 2.96. The van der Waals surface area contributed by atoms with E-state index in [0.29, 0.717) is 5.56 Å². The van der Waals surface area contributed by atoms with Gasteiger partial charge in [0.2, 0.25) is 0 Å². The molecule has 0 saturated heterocycles. The van der Waals surface area contributed by atoms with E-state index in [1.807, 2.05) is 0 Å². The summed E-state index contributed by atoms with van der Waals surface area (Å²) in [4.78, 5) is 11.5. The Balaban J connectivity index is 2.78. The predicted octanol–water partition coefficient (Wildman–Crippen LogP) is 2.21. The molecule has 0 aliphatic rings. The first-order valence-corrected chi connectivity index (χ1v) is 7.31. The minimum Gasteiger partial charge on any atom is -0.294 e. The Hall–Kier alpha value is -0.750. The van der Waals surface area contributed by atoms with Crippen LogP contribution >= 0.6 is 15.9 Å². The van der Waals surface area contributed by atoms with Gasteiger partial charge in [-0.25, -0.2) is 12.8 Å². The molecule has 0 aliphatic carbocycles. The van der Waals surface area contributed by atoms with Crippen molar-refractivity contribution >= 4 is 31.6 Å². The third-order valence-corrected chi connectivity index (χ3v) is 3.49. The fourth-order valence-corrected chi connectivity index (χ4v) is 2.03. The molecule has 3 nitrogen and oxygen atoms in total. The van der Waals surface area contributed by atoms with Crippen LogP contribution in [0.2, 0.25) is 0 Å². The molecule has 0 fully saturated rings. The van der Waals surface area contributed by atoms with Gasteiger partial charge in [0.15, 0.2) is 5.78 Å². The molecule has 0 bridgehead atoms. The van der Waals surface area contributed by atoms with E-state index >= 15 is 0 Å². The van der Waals surface area contributed by atoms with Crippen molar-refractivity contribution in [1.82, 2.24) is 0 Å². The van der Waals surface area contributed by atoms with Gasteiger partial charge in [-0.2, -0.15) is 0 Å². The van der Waals surface area contributed by atoms with Crippen LogP contribution in [-0.4, -0.2) is 26.2 Å². The maximum absolute atomic E-state index is 12.9. The van der Waals surface area contributed by atoms with Crippen LogP contribution in [0, 0.1) is 5.82 Å². The number of carbonyl (C=O) groups is 1. The van der Waals surface area contributed by atoms with Gasteiger partial charge in [-0.15, -0.1) is 0 Å². The van der Waals surface area contributed by atoms with Crippen molar-refractivity contribution in [2.75, 3.05) is 12.0 Å². The lowest BCUT2D eigenvalue weighted by Gasteiger charge is -2.01. The van der Waals surface area contributed by atoms with E-state index in [0.717, 1.165) is 12.3 Å². The zero-order valence-electron chi connectivity index (χ0n) is 8.54. The molecule has 1 aromatic carbocycles. The summed E-state index contributed by atoms with van der Waals surface area (Å²) in [5, 5.41) is 0. The molecule has 1 rings (SSSR count). The second kappa shape index (κ2) is 5.05. The fraction of sp³-hybridized carbons (Fsp3) is 0.300. The number of hydrogen-bond acceptors (Lipinski definition) is 3. The molecule has 0 saturated carbocycles. The molecule has 0 amide bonds. The summed E-state index contributed by atoms with van der Waals surface area (Å²) in [6, 6.07) is 3.85. The maximum Gasteiger partial charge on any atom is 0.163 e. The number of Topliss-reactive ketones (excluding diaryl/α,β-unsaturated/α-hetero) is 1. The van der Waals surface area contributed by atoms with Crippen LogP contribution in [0.25, 0.3) is 0 Å². The average molecular weight is 309 g/mol. The minimum absolute atomic E-state index is 0.0864. The number of halogens is 2. The third kappa shape index (κ3) is 4.02. The molecule has 0 spiro atoms. The molecule has 0 N–H and O–H groups in total. The van der Waals surface area contributed by atoms with E-state index in [4.69, 9.17) is 0 Å². The molecule has 0 aliphatic heterocycles. The molecule has 0 radical (unpaired) electrons. The van der Waals surface area contributed by atoms with Crippen LogP contribution < -0.4 is 0 Å². The van der Waals surface area contributed by atoms with E-state index in [-0.39, 0.29) is 22.4 Å². The topological polar surface area (TPSA) is 51.2 Å². The summed E-state index contributed by atoms with van der Waals surface area (Å²) in [6.07, 6.45) is 0.984. The quantitative estimate of drug-likeness (QED) is 0.801. The van der Waals surface area contributed by atoms with Gasteiger partial charge < -0.3 is 0 Å². The SMILES string of the molecule is CS(=O)(=O)CCC(=O)c1ccc(F)c(Br)c1. The molecule has 16 heavy (non-hydrogen) atoms. The van der Waals surface area contributed by atoms with Crippen LogP contribution in [-0.2, 0) is 9.84 Å². The predicted molar refractivity (Wildman–Crippen MR) is 62.8 cm³/mol. The number of sulfone groups is 1. The monoisotopic (exact) mass is 308 g/mol. The maximum atomic E-state index is 12.9. The van der Waals surface area contributed by atoms with Crippen LogP contribution in [0.1, 0.15) is 16.8 Å². The largest absolute Gasteiger partial charge is 0.294 e. The lowest BCUT2D eigenvalue weighted by atomic mass is 10.1. The zero-order valence-corrected chi connectivity index (χ0v) is 10.9. The van der Waals surface area contributed by atoms with Gasteiger partial charge in [-0.3, -0.25) is 4.79 Å². The molecule has 0 atom stereocenters. The second-order valence-electron chi connectivity index (χ2n) is 3.43. The summed E-state index contributed by atoms with van der Waals surface area (Å²) in [6.45, 7) is 0. The van der Waals surface area contributed by atoms with E-state index in [1.165, 1.54) is 12.1 Å². The highest BCUT2D eigenvalue weighted by molar-refractivity contribution is 9.10. The molecule has 0 aromatic heterocycles. The Morgan fingerprint density at radius 1 is 1.44 bits per heavy atom. The van der Waals surface area contributed by atoms with Crippen molar-refractivity contribution in [2.45, 2.75) is 6.42 Å². The van der Waals surface area contributed by atoms with Crippen molar-refractivity contribution < 1.29 is 17.6 Å². The van der Waals surface area contributed by atoms with Crippen LogP contribution in [0.3, 0.4) is 0 Å². The highest BCUT2D eigenvalue weighted by atomic mass is 79.9. The van der Waals surface area contributed by atoms with Gasteiger partial charge >= 0.3 is 0 Å². The Morgan fingerprint density at radius 3 is 2.56 bits per heavy atom. The van der Waals surface area contributed by atoms with E-state index < -0.39 is 15.7 Å². The van der Waals surface area contributed by atoms with Crippen LogP contribution in [0.5, 0.6) is 0 Å². The Bertz CT molecular complexity index is 511. The number of rotatable bonds is 4. The molecular formula is C10H10BrFO3S. The van der Waals surface area contributed by atoms with Gasteiger partial charge in [0.05, 0.1) is 10.2 Å². The number of benzene rings is 1. The summed E-state index contributed by atoms with van der Waals surface area (Å²) in [7, 11) is -3.15. The lowest BCUT2D eigenvalue weighted by Crippen LogP contribution is -2.09. The zero-order chi connectivity index (χ0) is 12.3. The number of carbonyl (C=O) groups excluding carboxylic acids is 1. The Labute approximate surface area is 102 Å². The first-order chi connectivity index (χ1) is 7.29. The van der Waals surface area contributed by atoms with Gasteiger partial charge in [0.25, 0.3) is 0 Å². The van der Waals surface area contributed by atoms with E-state index in [1.54, 1.807) is 0 Å². The van der Waals surface area contributed by atoms with Crippen molar-refractivity contribution in [1.29, 1.82) is 0 Å². The average Bonchev–Trinajstić information content (AvgIpc) is 2.17. The molecule has 88 valence electrons. The van der Waals surface area contributed by atoms with Gasteiger partial charge in [-0.05, 0) is 34.1 Å². The Kier molecular flexibility index (Phi) is 4.21. The summed E-state index contributed by atoms with van der Waals surface area (Å²) in [5.74, 6) is -0.966. The minimum atomic E-state index is -3.15. The lowest BCUT2D eigenvalue weighted by molar-refractivity contribution is 0.0988. The first kappa shape index (κ1) is 13.3. The van der Waals surface area contributed by atoms with Gasteiger partial charge in [-0.1, -0.05) is 0 Å². The van der Waals surface area contributed by atoms with Gasteiger partial charge in [0.1, 0.15) is 15.7 Å². The molecular weight excluding hydrogens is 299 g/mol. The molecule has 1 aromatic rings. The Morgan fingerprint density at radius 2 is 2.06 bits per heavy atom. The highest BCUT2D eigenvalue weighted by Crippen LogP contribution is 2.17. The van der Waals surface area contributed by atoms with Crippen molar-refractivity contribution in [3.63, 3.8) is 0 Å². The highest BCUT2D eigenvalue weighted by Gasteiger charge is 2.11. The fourth-order valence-electron chi connectivity index (χ4n) is 1.09. The summed E-state index contributed by atoms with van der Waals surface area (Å²) in [5.41, 5.74) is 0.303. The summed E-state index contributed by atoms with van der Waals surface area (Å²) < 4.78 is 34.8. The first-order valence-electron chi connectivity index (χ1n) is 4.45. The van der Waals surface area contributed by atoms with E-state index in [2.05, 4.69) is 15.9 Å². The second-order valence-corrected chi connectivity index (χ2v) is 6.55. The van der Waals surface area contributed by atoms with Gasteiger partial charge in [0, 0.05) is 18.2 Å². The third-order valence-electron chi connectivity index (χ3n) is 1.94. The van der Waals surface area contributed by atoms with Crippen molar-refractivity contribution in [3.8, 4) is 0 Å². The smallest absolute Gasteiger partial charge is 0.163 e. The molecule has 6 heteroatoms. The molecule has 0 unspecified atom stereocenters. The molecule has 0 heterocycles. The van der Waals surface area contributed by atoms with Crippen LogP contribution in [0.4, 0.5) is 4.39 Å². The van der Waals surface area contributed by atoms with Crippen LogP contribution in [0.15, 0.2) is 22.7 Å². The normalized spacial score (nSPS) is 11.4. The number of hydrogen-bond donors (Lipinski definition) is 0. The van der Waals surface area contributed by atoms with Crippen molar-refractivity contribution in [2.24, 2.45) is 0 Å². The number of ketones is 1. The standard InChI is InChI=1S/C10H10BrFO3S/c1-16(14,15)5-4-10(13)7-2-3-9(12)8(11)6-7/h2-3,6H,4-5H2,1H3. The van der Waals surface area contributed by atoms with Crippen molar-refractivity contribution in [3.05, 3.63) is 34.1 Å². The van der Waals surface area contributed by atoms with E-state index in [9.17, 15) is 17.6 Å².